The van der Waals surface area contributed by atoms with Gasteiger partial charge in [0, 0.05) is 37.2 Å². The van der Waals surface area contributed by atoms with E-state index in [0.717, 1.165) is 37.4 Å². The van der Waals surface area contributed by atoms with Gasteiger partial charge in [0.05, 0.1) is 6.33 Å². The van der Waals surface area contributed by atoms with E-state index < -0.39 is 0 Å². The van der Waals surface area contributed by atoms with E-state index >= 15 is 0 Å². The highest BCUT2D eigenvalue weighted by Gasteiger charge is 1.99. The van der Waals surface area contributed by atoms with Gasteiger partial charge in [0.1, 0.15) is 5.82 Å². The number of anilines is 1. The third kappa shape index (κ3) is 4.00. The van der Waals surface area contributed by atoms with Gasteiger partial charge in [-0.15, -0.1) is 0 Å². The Kier molecular flexibility index (Phi) is 4.52. The minimum atomic E-state index is 0.288. The first-order valence-electron chi connectivity index (χ1n) is 5.95. The summed E-state index contributed by atoms with van der Waals surface area (Å²) in [6.45, 7) is 3.77. The van der Waals surface area contributed by atoms with Crippen molar-refractivity contribution in [1.29, 1.82) is 0 Å². The molecule has 0 saturated heterocycles. The molecule has 1 N–H and O–H groups in total. The van der Waals surface area contributed by atoms with Crippen molar-refractivity contribution >= 4 is 17.4 Å². The molecule has 0 bridgehead atoms. The predicted molar refractivity (Wildman–Crippen MR) is 71.7 cm³/mol. The summed E-state index contributed by atoms with van der Waals surface area (Å²) in [4.78, 5) is 12.1. The van der Waals surface area contributed by atoms with Crippen molar-refractivity contribution in [2.24, 2.45) is 0 Å². The lowest BCUT2D eigenvalue weighted by molar-refractivity contribution is 0.620. The standard InChI is InChI=1S/C12H16ClN5/c1-10-8-11(17-12(13)16-10)15-4-2-3-6-18-7-5-14-9-18/h5,7-9H,2-4,6H2,1H3,(H,15,16,17). The summed E-state index contributed by atoms with van der Waals surface area (Å²) in [6, 6.07) is 1.89. The van der Waals surface area contributed by atoms with E-state index in [4.69, 9.17) is 11.6 Å². The van der Waals surface area contributed by atoms with Crippen molar-refractivity contribution in [1.82, 2.24) is 19.5 Å². The molecule has 2 heterocycles. The zero-order valence-electron chi connectivity index (χ0n) is 10.3. The number of hydrogen-bond acceptors (Lipinski definition) is 4. The van der Waals surface area contributed by atoms with Crippen molar-refractivity contribution in [3.8, 4) is 0 Å². The van der Waals surface area contributed by atoms with Crippen LogP contribution in [-0.2, 0) is 6.54 Å². The fourth-order valence-corrected chi connectivity index (χ4v) is 1.90. The number of hydrogen-bond donors (Lipinski definition) is 1. The van der Waals surface area contributed by atoms with Gasteiger partial charge in [-0.2, -0.15) is 0 Å². The Morgan fingerprint density at radius 2 is 2.22 bits per heavy atom. The third-order valence-electron chi connectivity index (χ3n) is 2.54. The first kappa shape index (κ1) is 12.8. The first-order valence-corrected chi connectivity index (χ1v) is 6.32. The van der Waals surface area contributed by atoms with E-state index in [1.807, 2.05) is 25.5 Å². The van der Waals surface area contributed by atoms with E-state index in [0.29, 0.717) is 0 Å². The quantitative estimate of drug-likeness (QED) is 0.644. The molecule has 2 aromatic rings. The Hall–Kier alpha value is -1.62. The second-order valence-electron chi connectivity index (χ2n) is 4.10. The van der Waals surface area contributed by atoms with Crippen LogP contribution in [0.4, 0.5) is 5.82 Å². The van der Waals surface area contributed by atoms with E-state index in [-0.39, 0.29) is 5.28 Å². The summed E-state index contributed by atoms with van der Waals surface area (Å²) in [5.41, 5.74) is 0.871. The zero-order valence-corrected chi connectivity index (χ0v) is 11.1. The van der Waals surface area contributed by atoms with Gasteiger partial charge in [0.25, 0.3) is 0 Å². The number of aromatic nitrogens is 4. The fraction of sp³-hybridized carbons (Fsp3) is 0.417. The molecule has 0 atom stereocenters. The molecule has 0 saturated carbocycles. The smallest absolute Gasteiger partial charge is 0.224 e. The minimum Gasteiger partial charge on any atom is -0.370 e. The molecule has 0 fully saturated rings. The summed E-state index contributed by atoms with van der Waals surface area (Å²) in [5.74, 6) is 0.787. The fourth-order valence-electron chi connectivity index (χ4n) is 1.68. The molecule has 0 spiro atoms. The number of halogens is 1. The number of imidazole rings is 1. The molecule has 5 nitrogen and oxygen atoms in total. The van der Waals surface area contributed by atoms with Crippen molar-refractivity contribution in [2.45, 2.75) is 26.3 Å². The van der Waals surface area contributed by atoms with Crippen LogP contribution in [0.5, 0.6) is 0 Å². The average molecular weight is 266 g/mol. The van der Waals surface area contributed by atoms with E-state index in [2.05, 4.69) is 24.8 Å². The van der Waals surface area contributed by atoms with Crippen LogP contribution in [0.25, 0.3) is 0 Å². The molecule has 0 aliphatic heterocycles. The van der Waals surface area contributed by atoms with Gasteiger partial charge in [-0.05, 0) is 31.4 Å². The number of aryl methyl sites for hydroxylation is 2. The van der Waals surface area contributed by atoms with Crippen LogP contribution in [-0.4, -0.2) is 26.1 Å². The van der Waals surface area contributed by atoms with Gasteiger partial charge < -0.3 is 9.88 Å². The zero-order chi connectivity index (χ0) is 12.8. The molecule has 6 heteroatoms. The van der Waals surface area contributed by atoms with Crippen LogP contribution in [0.1, 0.15) is 18.5 Å². The van der Waals surface area contributed by atoms with Crippen molar-refractivity contribution in [3.05, 3.63) is 35.8 Å². The van der Waals surface area contributed by atoms with E-state index in [9.17, 15) is 0 Å². The summed E-state index contributed by atoms with van der Waals surface area (Å²) in [5, 5.41) is 3.53. The summed E-state index contributed by atoms with van der Waals surface area (Å²) >= 11 is 5.79. The minimum absolute atomic E-state index is 0.288. The molecule has 2 rings (SSSR count). The predicted octanol–water partition coefficient (Wildman–Crippen LogP) is 2.53. The maximum absolute atomic E-state index is 5.79. The second-order valence-corrected chi connectivity index (χ2v) is 4.44. The van der Waals surface area contributed by atoms with Crippen molar-refractivity contribution < 1.29 is 0 Å². The number of nitrogens with zero attached hydrogens (tertiary/aromatic N) is 4. The van der Waals surface area contributed by atoms with Crippen LogP contribution < -0.4 is 5.32 Å². The normalized spacial score (nSPS) is 10.6. The maximum Gasteiger partial charge on any atom is 0.224 e. The molecule has 0 aliphatic carbocycles. The van der Waals surface area contributed by atoms with Gasteiger partial charge in [0.2, 0.25) is 5.28 Å². The molecular formula is C12H16ClN5. The monoisotopic (exact) mass is 265 g/mol. The molecule has 0 radical (unpaired) electrons. The van der Waals surface area contributed by atoms with Crippen LogP contribution >= 0.6 is 11.6 Å². The summed E-state index contributed by atoms with van der Waals surface area (Å²) < 4.78 is 2.08. The topological polar surface area (TPSA) is 55.6 Å². The van der Waals surface area contributed by atoms with Gasteiger partial charge in [0.15, 0.2) is 0 Å². The Labute approximate surface area is 111 Å². The summed E-state index contributed by atoms with van der Waals surface area (Å²) in [6.07, 6.45) is 7.77. The van der Waals surface area contributed by atoms with Crippen molar-refractivity contribution in [2.75, 3.05) is 11.9 Å². The Balaban J connectivity index is 1.68. The Morgan fingerprint density at radius 3 is 2.94 bits per heavy atom. The highest BCUT2D eigenvalue weighted by molar-refractivity contribution is 6.28. The number of unbranched alkanes of at least 4 members (excludes halogenated alkanes) is 1. The highest BCUT2D eigenvalue weighted by Crippen LogP contribution is 2.09. The maximum atomic E-state index is 5.79. The molecular weight excluding hydrogens is 250 g/mol. The summed E-state index contributed by atoms with van der Waals surface area (Å²) in [7, 11) is 0. The Morgan fingerprint density at radius 1 is 1.33 bits per heavy atom. The molecule has 0 aliphatic rings. The number of nitrogens with one attached hydrogen (secondary N) is 1. The molecule has 96 valence electrons. The lowest BCUT2D eigenvalue weighted by Gasteiger charge is -2.06. The third-order valence-corrected chi connectivity index (χ3v) is 2.70. The van der Waals surface area contributed by atoms with Gasteiger partial charge in [-0.3, -0.25) is 0 Å². The molecule has 0 aromatic carbocycles. The van der Waals surface area contributed by atoms with E-state index in [1.165, 1.54) is 0 Å². The first-order chi connectivity index (χ1) is 8.74. The van der Waals surface area contributed by atoms with Crippen LogP contribution in [0.2, 0.25) is 5.28 Å². The molecule has 2 aromatic heterocycles. The van der Waals surface area contributed by atoms with Crippen molar-refractivity contribution in [3.63, 3.8) is 0 Å². The highest BCUT2D eigenvalue weighted by atomic mass is 35.5. The SMILES string of the molecule is Cc1cc(NCCCCn2ccnc2)nc(Cl)n1. The molecule has 18 heavy (non-hydrogen) atoms. The molecule has 0 unspecified atom stereocenters. The van der Waals surface area contributed by atoms with Gasteiger partial charge in [-0.25, -0.2) is 15.0 Å². The largest absolute Gasteiger partial charge is 0.370 e. The van der Waals surface area contributed by atoms with Crippen LogP contribution in [0.15, 0.2) is 24.8 Å². The average Bonchev–Trinajstić information content (AvgIpc) is 2.80. The molecule has 0 amide bonds. The van der Waals surface area contributed by atoms with Gasteiger partial charge >= 0.3 is 0 Å². The Bertz CT molecular complexity index is 463. The van der Waals surface area contributed by atoms with E-state index in [1.54, 1.807) is 6.20 Å². The van der Waals surface area contributed by atoms with Crippen LogP contribution in [0, 0.1) is 6.92 Å². The van der Waals surface area contributed by atoms with Crippen LogP contribution in [0.3, 0.4) is 0 Å². The second kappa shape index (κ2) is 6.35. The lowest BCUT2D eigenvalue weighted by Crippen LogP contribution is -2.06. The number of rotatable bonds is 6. The van der Waals surface area contributed by atoms with Gasteiger partial charge in [-0.1, -0.05) is 0 Å². The lowest BCUT2D eigenvalue weighted by atomic mass is 10.3.